The second kappa shape index (κ2) is 24.6. The van der Waals surface area contributed by atoms with Crippen LogP contribution in [-0.4, -0.2) is 136 Å². The molecule has 15 nitrogen and oxygen atoms in total. The van der Waals surface area contributed by atoms with Gasteiger partial charge in [-0.2, -0.15) is 18.3 Å². The standard InChI is InChI=1S/C22H25Cl2F3N4O2.C20H27ClN2O4.C15H21ClN2O/c1-14-19(24)20(22(25,26)27)28-31(14)12-18(32)29-8-5-21(6-9-29)7-10-30(13-21)15-3-4-16(23)17(11-15)33-2;1-19(2,3)27-18(25)22-10-7-20(8-11-22)9-12-23(17(20)24)14-5-6-15(21)16(13-14)26-4;1-19-14-10-12(2-3-13(14)16)18-9-6-15(11-18)4-7-17-8-5-15/h3-4,11H,5-10,12-13H2,1-2H3;5-6,13H,7-12H2,1-4H3;2-3,10,17H,4-9,11H2,1H3. The van der Waals surface area contributed by atoms with E-state index >= 15 is 0 Å². The molecule has 3 spiro atoms. The minimum absolute atomic E-state index is 0.109. The number of nitrogens with one attached hydrogen (secondary N) is 1. The first-order chi connectivity index (χ1) is 37.4. The number of methoxy groups -OCH3 is 3. The Kier molecular flexibility index (Phi) is 18.7. The van der Waals surface area contributed by atoms with Gasteiger partial charge in [0.25, 0.3) is 0 Å². The molecule has 79 heavy (non-hydrogen) atoms. The Morgan fingerprint density at radius 2 is 1.08 bits per heavy atom. The highest BCUT2D eigenvalue weighted by atomic mass is 35.5. The largest absolute Gasteiger partial charge is 0.495 e. The van der Waals surface area contributed by atoms with Crippen LogP contribution in [0.15, 0.2) is 54.6 Å². The molecule has 6 saturated heterocycles. The van der Waals surface area contributed by atoms with Gasteiger partial charge in [0.2, 0.25) is 11.8 Å². The number of ether oxygens (including phenoxy) is 4. The molecule has 1 N–H and O–H groups in total. The molecule has 6 fully saturated rings. The van der Waals surface area contributed by atoms with Crippen LogP contribution in [0.4, 0.5) is 35.0 Å². The highest BCUT2D eigenvalue weighted by Gasteiger charge is 2.50. The monoisotopic (exact) mass is 1180 g/mol. The lowest BCUT2D eigenvalue weighted by molar-refractivity contribution is -0.142. The Morgan fingerprint density at radius 1 is 0.633 bits per heavy atom. The summed E-state index contributed by atoms with van der Waals surface area (Å²) in [6.45, 7) is 16.0. The summed E-state index contributed by atoms with van der Waals surface area (Å²) in [6.07, 6.45) is 3.75. The smallest absolute Gasteiger partial charge is 0.436 e. The van der Waals surface area contributed by atoms with Gasteiger partial charge in [0, 0.05) is 94.2 Å². The number of halogens is 7. The van der Waals surface area contributed by atoms with Gasteiger partial charge < -0.3 is 48.8 Å². The second-order valence-electron chi connectivity index (χ2n) is 22.8. The van der Waals surface area contributed by atoms with Gasteiger partial charge in [-0.15, -0.1) is 0 Å². The molecule has 3 amide bonds. The molecule has 432 valence electrons. The van der Waals surface area contributed by atoms with E-state index in [1.165, 1.54) is 38.4 Å². The predicted octanol–water partition coefficient (Wildman–Crippen LogP) is 12.1. The van der Waals surface area contributed by atoms with Crippen molar-refractivity contribution >= 4 is 81.4 Å². The Labute approximate surface area is 481 Å². The van der Waals surface area contributed by atoms with E-state index in [0.717, 1.165) is 80.2 Å². The van der Waals surface area contributed by atoms with E-state index in [9.17, 15) is 27.6 Å². The number of piperidine rings is 3. The van der Waals surface area contributed by atoms with Crippen molar-refractivity contribution in [3.05, 3.63) is 86.1 Å². The van der Waals surface area contributed by atoms with Gasteiger partial charge >= 0.3 is 12.3 Å². The van der Waals surface area contributed by atoms with Gasteiger partial charge in [-0.3, -0.25) is 14.3 Å². The Morgan fingerprint density at radius 3 is 1.54 bits per heavy atom. The predicted molar refractivity (Wildman–Crippen MR) is 304 cm³/mol. The van der Waals surface area contributed by atoms with Crippen LogP contribution in [0, 0.1) is 23.2 Å². The zero-order valence-electron chi connectivity index (χ0n) is 46.2. The summed E-state index contributed by atoms with van der Waals surface area (Å²) >= 11 is 24.1. The van der Waals surface area contributed by atoms with Crippen molar-refractivity contribution in [2.45, 2.75) is 104 Å². The van der Waals surface area contributed by atoms with Crippen LogP contribution in [0.3, 0.4) is 0 Å². The van der Waals surface area contributed by atoms with Crippen LogP contribution >= 0.6 is 46.4 Å². The normalized spacial score (nSPS) is 19.6. The number of aromatic nitrogens is 2. The fourth-order valence-corrected chi connectivity index (χ4v) is 12.7. The minimum Gasteiger partial charge on any atom is -0.495 e. The molecule has 0 radical (unpaired) electrons. The van der Waals surface area contributed by atoms with Crippen molar-refractivity contribution in [2.24, 2.45) is 16.2 Å². The van der Waals surface area contributed by atoms with Crippen molar-refractivity contribution < 1.29 is 46.5 Å². The van der Waals surface area contributed by atoms with Gasteiger partial charge in [-0.1, -0.05) is 46.4 Å². The van der Waals surface area contributed by atoms with Crippen LogP contribution in [0.1, 0.15) is 89.9 Å². The van der Waals surface area contributed by atoms with Crippen molar-refractivity contribution in [1.82, 2.24) is 24.9 Å². The first-order valence-corrected chi connectivity index (χ1v) is 28.5. The summed E-state index contributed by atoms with van der Waals surface area (Å²) < 4.78 is 61.5. The van der Waals surface area contributed by atoms with Gasteiger partial charge in [-0.25, -0.2) is 4.79 Å². The van der Waals surface area contributed by atoms with Gasteiger partial charge in [0.1, 0.15) is 29.4 Å². The number of likely N-dealkylation sites (tertiary alicyclic amines) is 2. The SMILES string of the molecule is COc1cc(N2CCC3(CCN(C(=O)Cn4nc(C(F)(F)F)c(Cl)c4C)CC3)C2)ccc1Cl.COc1cc(N2CCC3(CCN(C(=O)OC(C)(C)C)CC3)C2=O)ccc1Cl.COc1cc(N2CCC3(CCNCC3)C2)ccc1Cl. The fraction of sp³-hybridized carbons (Fsp3) is 0.579. The van der Waals surface area contributed by atoms with E-state index < -0.39 is 27.9 Å². The van der Waals surface area contributed by atoms with Crippen LogP contribution in [-0.2, 0) is 27.0 Å². The first-order valence-electron chi connectivity index (χ1n) is 27.0. The first kappa shape index (κ1) is 60.1. The van der Waals surface area contributed by atoms with E-state index in [0.29, 0.717) is 77.5 Å². The third-order valence-corrected chi connectivity index (χ3v) is 18.1. The zero-order valence-corrected chi connectivity index (χ0v) is 49.2. The molecule has 6 aliphatic rings. The molecule has 6 aliphatic heterocycles. The van der Waals surface area contributed by atoms with Crippen LogP contribution < -0.4 is 34.2 Å². The molecule has 0 bridgehead atoms. The summed E-state index contributed by atoms with van der Waals surface area (Å²) in [4.78, 5) is 48.3. The summed E-state index contributed by atoms with van der Waals surface area (Å²) in [5, 5.41) is 8.31. The summed E-state index contributed by atoms with van der Waals surface area (Å²) in [5.41, 5.74) is 1.79. The topological polar surface area (TPSA) is 134 Å². The maximum absolute atomic E-state index is 13.2. The molecule has 1 aromatic heterocycles. The molecule has 0 aliphatic carbocycles. The molecule has 0 unspecified atom stereocenters. The van der Waals surface area contributed by atoms with Crippen molar-refractivity contribution in [3.8, 4) is 17.2 Å². The number of rotatable bonds is 8. The lowest BCUT2D eigenvalue weighted by atomic mass is 9.77. The molecule has 7 heterocycles. The molecule has 0 atom stereocenters. The third-order valence-electron chi connectivity index (χ3n) is 16.7. The van der Waals surface area contributed by atoms with E-state index in [4.69, 9.17) is 65.4 Å². The van der Waals surface area contributed by atoms with Crippen molar-refractivity contribution in [1.29, 1.82) is 0 Å². The minimum atomic E-state index is -4.66. The summed E-state index contributed by atoms with van der Waals surface area (Å²) in [7, 11) is 4.82. The third kappa shape index (κ3) is 13.8. The lowest BCUT2D eigenvalue weighted by Crippen LogP contribution is -2.48. The van der Waals surface area contributed by atoms with Crippen molar-refractivity contribution in [3.63, 3.8) is 0 Å². The van der Waals surface area contributed by atoms with E-state index in [2.05, 4.69) is 32.3 Å². The number of anilines is 3. The Balaban J connectivity index is 0.000000162. The highest BCUT2D eigenvalue weighted by molar-refractivity contribution is 6.33. The summed E-state index contributed by atoms with van der Waals surface area (Å²) in [5.74, 6) is 1.83. The van der Waals surface area contributed by atoms with E-state index in [1.807, 2.05) is 56.0 Å². The van der Waals surface area contributed by atoms with Crippen LogP contribution in [0.2, 0.25) is 20.1 Å². The fourth-order valence-electron chi connectivity index (χ4n) is 11.9. The number of nitrogens with zero attached hydrogens (tertiary/aromatic N) is 7. The summed E-state index contributed by atoms with van der Waals surface area (Å²) in [6, 6.07) is 17.2. The number of amides is 3. The quantitative estimate of drug-likeness (QED) is 0.181. The van der Waals surface area contributed by atoms with E-state index in [-0.39, 0.29) is 35.6 Å². The highest BCUT2D eigenvalue weighted by Crippen LogP contribution is 2.46. The average molecular weight is 1180 g/mol. The zero-order chi connectivity index (χ0) is 57.1. The molecule has 10 rings (SSSR count). The number of carbonyl (C=O) groups is 3. The average Bonchev–Trinajstić information content (AvgIpc) is 4.19. The van der Waals surface area contributed by atoms with Crippen molar-refractivity contribution in [2.75, 3.05) is 108 Å². The maximum atomic E-state index is 13.2. The molecule has 22 heteroatoms. The lowest BCUT2D eigenvalue weighted by Gasteiger charge is -2.39. The maximum Gasteiger partial charge on any atom is 0.436 e. The number of carbonyl (C=O) groups excluding carboxylic acids is 3. The Bertz CT molecular complexity index is 2830. The Hall–Kier alpha value is -5.01. The number of alkyl halides is 3. The van der Waals surface area contributed by atoms with Crippen LogP contribution in [0.25, 0.3) is 0 Å². The molecule has 0 saturated carbocycles. The molecule has 3 aromatic carbocycles. The van der Waals surface area contributed by atoms with E-state index in [1.54, 1.807) is 43.3 Å². The van der Waals surface area contributed by atoms with Gasteiger partial charge in [0.15, 0.2) is 5.69 Å². The number of benzene rings is 3. The number of hydrogen-bond donors (Lipinski definition) is 1. The van der Waals surface area contributed by atoms with Gasteiger partial charge in [0.05, 0.1) is 52.5 Å². The number of hydrogen-bond acceptors (Lipinski definition) is 11. The molecule has 4 aromatic rings. The van der Waals surface area contributed by atoms with Crippen LogP contribution in [0.5, 0.6) is 17.2 Å². The van der Waals surface area contributed by atoms with Gasteiger partial charge in [-0.05, 0) is 146 Å². The molecular formula is C57H73Cl4F3N8O7. The molecular weight excluding hydrogens is 1110 g/mol. The second-order valence-corrected chi connectivity index (χ2v) is 24.4.